The first-order chi connectivity index (χ1) is 19.1. The predicted octanol–water partition coefficient (Wildman–Crippen LogP) is 7.33. The minimum absolute atomic E-state index is 0.0206. The molecule has 6 rings (SSSR count). The second-order valence-electron chi connectivity index (χ2n) is 11.4. The Labute approximate surface area is 233 Å². The van der Waals surface area contributed by atoms with E-state index in [4.69, 9.17) is 9.97 Å². The van der Waals surface area contributed by atoms with Gasteiger partial charge < -0.3 is 15.1 Å². The highest BCUT2D eigenvalue weighted by molar-refractivity contribution is 6.13. The van der Waals surface area contributed by atoms with E-state index >= 15 is 0 Å². The first kappa shape index (κ1) is 26.2. The number of aryl methyl sites for hydroxylation is 3. The lowest BCUT2D eigenvalue weighted by Gasteiger charge is -2.16. The van der Waals surface area contributed by atoms with Crippen molar-refractivity contribution in [3.05, 3.63) is 68.8 Å². The lowest BCUT2D eigenvalue weighted by molar-refractivity contribution is -0.137. The van der Waals surface area contributed by atoms with Crippen LogP contribution in [0.2, 0.25) is 0 Å². The van der Waals surface area contributed by atoms with Crippen molar-refractivity contribution in [2.75, 3.05) is 0 Å². The fourth-order valence-electron chi connectivity index (χ4n) is 6.93. The lowest BCUT2D eigenvalue weighted by atomic mass is 9.85. The Bertz CT molecular complexity index is 1800. The van der Waals surface area contributed by atoms with Crippen LogP contribution in [0.15, 0.2) is 18.2 Å². The molecular formula is C33H36N4O3. The van der Waals surface area contributed by atoms with Crippen molar-refractivity contribution >= 4 is 45.0 Å². The Kier molecular flexibility index (Phi) is 6.28. The first-order valence-electron chi connectivity index (χ1n) is 14.3. The maximum Gasteiger partial charge on any atom is 0.303 e. The number of hydrogen-bond acceptors (Lipinski definition) is 4. The van der Waals surface area contributed by atoms with Gasteiger partial charge in [0.05, 0.1) is 22.6 Å². The zero-order valence-corrected chi connectivity index (χ0v) is 24.1. The molecule has 3 aliphatic rings. The Morgan fingerprint density at radius 1 is 0.975 bits per heavy atom. The van der Waals surface area contributed by atoms with Crippen LogP contribution in [-0.2, 0) is 17.6 Å². The molecule has 0 saturated heterocycles. The van der Waals surface area contributed by atoms with Crippen molar-refractivity contribution in [1.29, 1.82) is 0 Å². The number of H-pyrrole nitrogens is 2. The van der Waals surface area contributed by atoms with Crippen LogP contribution in [-0.4, -0.2) is 36.8 Å². The molecule has 0 aromatic carbocycles. The fraction of sp³-hybridized carbons (Fsp3) is 0.394. The van der Waals surface area contributed by atoms with Crippen molar-refractivity contribution in [1.82, 2.24) is 19.9 Å². The highest BCUT2D eigenvalue weighted by Crippen LogP contribution is 2.44. The quantitative estimate of drug-likeness (QED) is 0.316. The summed E-state index contributed by atoms with van der Waals surface area (Å²) in [6, 6.07) is 6.35. The van der Waals surface area contributed by atoms with E-state index < -0.39 is 5.97 Å². The number of nitrogens with one attached hydrogen (secondary N) is 2. The van der Waals surface area contributed by atoms with E-state index in [0.717, 1.165) is 74.4 Å². The molecule has 0 fully saturated rings. The van der Waals surface area contributed by atoms with E-state index in [2.05, 4.69) is 62.8 Å². The molecule has 3 aromatic heterocycles. The summed E-state index contributed by atoms with van der Waals surface area (Å²) >= 11 is 0. The van der Waals surface area contributed by atoms with Crippen molar-refractivity contribution in [3.8, 4) is 0 Å². The number of carboxylic acid groups (broad SMARTS) is 1. The second-order valence-corrected chi connectivity index (χ2v) is 11.4. The summed E-state index contributed by atoms with van der Waals surface area (Å²) in [5.74, 6) is -0.798. The molecule has 206 valence electrons. The number of allylic oxidation sites excluding steroid dienone is 2. The Morgan fingerprint density at radius 3 is 2.40 bits per heavy atom. The van der Waals surface area contributed by atoms with Gasteiger partial charge in [-0.15, -0.1) is 0 Å². The maximum atomic E-state index is 13.4. The Balaban J connectivity index is 1.77. The third-order valence-corrected chi connectivity index (χ3v) is 9.26. The van der Waals surface area contributed by atoms with Gasteiger partial charge in [0.1, 0.15) is 0 Å². The normalized spacial score (nSPS) is 18.2. The van der Waals surface area contributed by atoms with Crippen molar-refractivity contribution in [2.45, 2.75) is 85.5 Å². The molecule has 7 heteroatoms. The number of aliphatic carboxylic acids is 1. The summed E-state index contributed by atoms with van der Waals surface area (Å²) in [5, 5.41) is 9.50. The van der Waals surface area contributed by atoms with Crippen LogP contribution in [0.25, 0.3) is 33.2 Å². The summed E-state index contributed by atoms with van der Waals surface area (Å²) in [5.41, 5.74) is 14.8. The maximum absolute atomic E-state index is 13.4. The van der Waals surface area contributed by atoms with Crippen molar-refractivity contribution < 1.29 is 14.7 Å². The largest absolute Gasteiger partial charge is 0.481 e. The van der Waals surface area contributed by atoms with Crippen LogP contribution in [0.5, 0.6) is 0 Å². The SMILES string of the molecule is CCC1=C(C)c2cc3[nH]c(cc4nc(c5c6[nH]c(cc1n2)c(C)c6C(=O)C5)[C@H](CCC(=O)O)[C@@H]4C)c(C)c3CC. The van der Waals surface area contributed by atoms with Crippen LogP contribution in [0.4, 0.5) is 0 Å². The molecule has 0 radical (unpaired) electrons. The number of rotatable bonds is 5. The smallest absolute Gasteiger partial charge is 0.303 e. The lowest BCUT2D eigenvalue weighted by Crippen LogP contribution is -2.08. The average Bonchev–Trinajstić information content (AvgIpc) is 3.65. The van der Waals surface area contributed by atoms with Gasteiger partial charge in [-0.2, -0.15) is 0 Å². The first-order valence-corrected chi connectivity index (χ1v) is 14.3. The zero-order valence-electron chi connectivity index (χ0n) is 24.1. The van der Waals surface area contributed by atoms with E-state index in [9.17, 15) is 14.7 Å². The monoisotopic (exact) mass is 536 g/mol. The van der Waals surface area contributed by atoms with E-state index in [1.165, 1.54) is 22.3 Å². The van der Waals surface area contributed by atoms with Gasteiger partial charge in [0.25, 0.3) is 0 Å². The number of hydrogen-bond donors (Lipinski definition) is 3. The van der Waals surface area contributed by atoms with Crippen LogP contribution in [0.1, 0.15) is 114 Å². The fourth-order valence-corrected chi connectivity index (χ4v) is 6.93. The molecule has 1 aliphatic carbocycles. The van der Waals surface area contributed by atoms with E-state index in [0.29, 0.717) is 6.42 Å². The highest BCUT2D eigenvalue weighted by Gasteiger charge is 2.35. The standard InChI is InChI=1S/C33H36N4O3/c1-7-19-15(3)23-12-25-17(5)21(9-10-30(39)40)32(36-25)22-11-29(38)31-18(6)26(37-33(22)31)14-28-20(8-2)16(4)24(35-28)13-27(19)34-23/h12-14,17,21,34,37H,7-11H2,1-6H3,(H,39,40)/t17-,21+/m0/s1. The van der Waals surface area contributed by atoms with Gasteiger partial charge in [-0.05, 0) is 86.1 Å². The molecule has 0 amide bonds. The summed E-state index contributed by atoms with van der Waals surface area (Å²) in [6.45, 7) is 12.7. The van der Waals surface area contributed by atoms with Gasteiger partial charge in [0.15, 0.2) is 5.78 Å². The third-order valence-electron chi connectivity index (χ3n) is 9.26. The molecule has 2 atom stereocenters. The number of carbonyl (C=O) groups excluding carboxylic acids is 1. The van der Waals surface area contributed by atoms with Gasteiger partial charge in [0, 0.05) is 58.0 Å². The molecule has 2 aliphatic heterocycles. The molecule has 7 nitrogen and oxygen atoms in total. The van der Waals surface area contributed by atoms with E-state index in [1.54, 1.807) is 0 Å². The number of carboxylic acids is 1. The number of nitrogens with zero attached hydrogens (tertiary/aromatic N) is 2. The minimum atomic E-state index is -0.820. The van der Waals surface area contributed by atoms with Crippen molar-refractivity contribution in [3.63, 3.8) is 0 Å². The molecule has 3 N–H and O–H groups in total. The highest BCUT2D eigenvalue weighted by atomic mass is 16.4. The summed E-state index contributed by atoms with van der Waals surface area (Å²) in [4.78, 5) is 42.4. The number of aromatic amines is 2. The molecule has 0 unspecified atom stereocenters. The van der Waals surface area contributed by atoms with Crippen LogP contribution in [0.3, 0.4) is 0 Å². The van der Waals surface area contributed by atoms with E-state index in [-0.39, 0.29) is 30.5 Å². The summed E-state index contributed by atoms with van der Waals surface area (Å²) in [6.07, 6.45) is 2.55. The van der Waals surface area contributed by atoms with Gasteiger partial charge in [-0.3, -0.25) is 14.6 Å². The third kappa shape index (κ3) is 3.94. The second kappa shape index (κ2) is 9.58. The van der Waals surface area contributed by atoms with Crippen LogP contribution < -0.4 is 0 Å². The number of fused-ring (bicyclic) bond motifs is 8. The topological polar surface area (TPSA) is 112 Å². The molecule has 5 heterocycles. The molecule has 0 spiro atoms. The number of aromatic nitrogens is 4. The summed E-state index contributed by atoms with van der Waals surface area (Å²) < 4.78 is 0. The molecule has 3 aromatic rings. The average molecular weight is 537 g/mol. The molecular weight excluding hydrogens is 500 g/mol. The Hall–Kier alpha value is -4.00. The minimum Gasteiger partial charge on any atom is -0.481 e. The Morgan fingerprint density at radius 2 is 1.70 bits per heavy atom. The number of Topliss-reactive ketones (excluding diaryl/α,β-unsaturated/α-hetero) is 1. The van der Waals surface area contributed by atoms with Gasteiger partial charge in [-0.25, -0.2) is 4.98 Å². The van der Waals surface area contributed by atoms with Crippen LogP contribution in [0, 0.1) is 13.8 Å². The molecule has 8 bridgehead atoms. The van der Waals surface area contributed by atoms with Gasteiger partial charge in [-0.1, -0.05) is 20.8 Å². The number of ketones is 1. The van der Waals surface area contributed by atoms with Crippen LogP contribution >= 0.6 is 0 Å². The zero-order chi connectivity index (χ0) is 28.5. The van der Waals surface area contributed by atoms with Crippen molar-refractivity contribution in [2.24, 2.45) is 0 Å². The molecule has 0 saturated carbocycles. The van der Waals surface area contributed by atoms with Gasteiger partial charge >= 0.3 is 5.97 Å². The molecule has 40 heavy (non-hydrogen) atoms. The predicted molar refractivity (Wildman–Crippen MR) is 159 cm³/mol. The summed E-state index contributed by atoms with van der Waals surface area (Å²) in [7, 11) is 0. The van der Waals surface area contributed by atoms with Gasteiger partial charge in [0.2, 0.25) is 0 Å². The van der Waals surface area contributed by atoms with E-state index in [1.807, 2.05) is 6.92 Å². The number of carbonyl (C=O) groups is 2.